The zero-order chi connectivity index (χ0) is 47.5. The van der Waals surface area contributed by atoms with Gasteiger partial charge in [-0.2, -0.15) is 0 Å². The maximum absolute atomic E-state index is 2.67. The summed E-state index contributed by atoms with van der Waals surface area (Å²) < 4.78 is 0. The SMILES string of the molecule is Cc1ccc(N(c2ccc(C)cc2)c2ccc3c(c2)C(C(C)(C)C)(C(C)(C)C)c2cc4c(cc2-3)C(C(C)(C)C)(C(C)(C)C)c2cc(N(c3ccc(C)cc3)c3ccc(C)cc3)ccc2-4)cc1. The summed E-state index contributed by atoms with van der Waals surface area (Å²) in [4.78, 5) is 4.90. The molecule has 7 aromatic rings. The zero-order valence-corrected chi connectivity index (χ0v) is 42.8. The monoisotopic (exact) mass is 869 g/mol. The van der Waals surface area contributed by atoms with Gasteiger partial charge < -0.3 is 9.80 Å². The third-order valence-corrected chi connectivity index (χ3v) is 15.5. The molecule has 0 saturated heterocycles. The number of fused-ring (bicyclic) bond motifs is 6. The van der Waals surface area contributed by atoms with Crippen LogP contribution in [-0.4, -0.2) is 0 Å². The Labute approximate surface area is 397 Å². The van der Waals surface area contributed by atoms with E-state index < -0.39 is 0 Å². The summed E-state index contributed by atoms with van der Waals surface area (Å²) >= 11 is 0. The number of nitrogens with zero attached hydrogens (tertiary/aromatic N) is 2. The van der Waals surface area contributed by atoms with Gasteiger partial charge in [-0.25, -0.2) is 0 Å². The van der Waals surface area contributed by atoms with Gasteiger partial charge in [0.1, 0.15) is 0 Å². The summed E-state index contributed by atoms with van der Waals surface area (Å²) in [6, 6.07) is 56.1. The average molecular weight is 869 g/mol. The van der Waals surface area contributed by atoms with Crippen LogP contribution in [0.1, 0.15) is 128 Å². The van der Waals surface area contributed by atoms with Gasteiger partial charge in [-0.3, -0.25) is 0 Å². The third-order valence-electron chi connectivity index (χ3n) is 15.5. The number of hydrogen-bond acceptors (Lipinski definition) is 2. The second-order valence-corrected chi connectivity index (χ2v) is 23.9. The lowest BCUT2D eigenvalue weighted by atomic mass is 9.49. The molecule has 0 saturated carbocycles. The molecule has 2 aliphatic rings. The van der Waals surface area contributed by atoms with Crippen molar-refractivity contribution in [1.82, 2.24) is 0 Å². The second kappa shape index (κ2) is 15.3. The van der Waals surface area contributed by atoms with Crippen LogP contribution in [0.15, 0.2) is 146 Å². The van der Waals surface area contributed by atoms with Crippen molar-refractivity contribution in [3.05, 3.63) is 190 Å². The minimum absolute atomic E-state index is 0.143. The van der Waals surface area contributed by atoms with Crippen molar-refractivity contribution in [2.24, 2.45) is 21.7 Å². The maximum atomic E-state index is 2.67. The van der Waals surface area contributed by atoms with E-state index in [-0.39, 0.29) is 32.5 Å². The maximum Gasteiger partial charge on any atom is 0.0465 e. The molecule has 2 aliphatic carbocycles. The molecule has 0 aliphatic heterocycles. The van der Waals surface area contributed by atoms with E-state index in [2.05, 4.69) is 266 Å². The molecule has 0 fully saturated rings. The van der Waals surface area contributed by atoms with Gasteiger partial charge in [0.05, 0.1) is 0 Å². The Kier molecular flexibility index (Phi) is 10.5. The summed E-state index contributed by atoms with van der Waals surface area (Å²) in [5.41, 5.74) is 22.0. The van der Waals surface area contributed by atoms with Gasteiger partial charge in [0.15, 0.2) is 0 Å². The summed E-state index contributed by atoms with van der Waals surface area (Å²) in [5.74, 6) is 0. The fourth-order valence-electron chi connectivity index (χ4n) is 13.5. The first-order valence-corrected chi connectivity index (χ1v) is 24.3. The minimum atomic E-state index is -0.329. The van der Waals surface area contributed by atoms with Gasteiger partial charge in [0.25, 0.3) is 0 Å². The molecule has 66 heavy (non-hydrogen) atoms. The van der Waals surface area contributed by atoms with Gasteiger partial charge in [0.2, 0.25) is 0 Å². The topological polar surface area (TPSA) is 6.48 Å². The molecule has 0 radical (unpaired) electrons. The average Bonchev–Trinajstić information content (AvgIpc) is 3.70. The van der Waals surface area contributed by atoms with Gasteiger partial charge in [0, 0.05) is 45.0 Å². The van der Waals surface area contributed by atoms with Gasteiger partial charge >= 0.3 is 0 Å². The van der Waals surface area contributed by atoms with E-state index in [0.717, 1.165) is 22.7 Å². The van der Waals surface area contributed by atoms with Gasteiger partial charge in [-0.05, 0) is 179 Å². The van der Waals surface area contributed by atoms with Crippen molar-refractivity contribution in [2.45, 2.75) is 122 Å². The van der Waals surface area contributed by atoms with Crippen molar-refractivity contribution >= 4 is 34.1 Å². The van der Waals surface area contributed by atoms with Crippen molar-refractivity contribution in [3.8, 4) is 22.3 Å². The highest BCUT2D eigenvalue weighted by Crippen LogP contribution is 2.70. The fraction of sp³-hybridized carbons (Fsp3) is 0.344. The Morgan fingerprint density at radius 3 is 0.697 bits per heavy atom. The van der Waals surface area contributed by atoms with E-state index >= 15 is 0 Å². The number of aryl methyl sites for hydroxylation is 4. The second-order valence-electron chi connectivity index (χ2n) is 23.9. The third kappa shape index (κ3) is 6.71. The lowest BCUT2D eigenvalue weighted by molar-refractivity contribution is 0.0928. The van der Waals surface area contributed by atoms with E-state index in [1.165, 1.54) is 78.1 Å². The largest absolute Gasteiger partial charge is 0.310 e. The molecule has 2 heteroatoms. The Morgan fingerprint density at radius 2 is 0.470 bits per heavy atom. The minimum Gasteiger partial charge on any atom is -0.310 e. The molecule has 0 unspecified atom stereocenters. The molecule has 7 aromatic carbocycles. The summed E-state index contributed by atoms with van der Waals surface area (Å²) in [6.07, 6.45) is 0. The predicted octanol–water partition coefficient (Wildman–Crippen LogP) is 18.6. The van der Waals surface area contributed by atoms with E-state index in [0.29, 0.717) is 0 Å². The van der Waals surface area contributed by atoms with E-state index in [4.69, 9.17) is 0 Å². The van der Waals surface area contributed by atoms with Crippen molar-refractivity contribution in [3.63, 3.8) is 0 Å². The Bertz CT molecular complexity index is 2630. The Hall–Kier alpha value is -5.86. The van der Waals surface area contributed by atoms with Crippen molar-refractivity contribution in [2.75, 3.05) is 9.80 Å². The number of hydrogen-bond donors (Lipinski definition) is 0. The molecule has 2 nitrogen and oxygen atoms in total. The van der Waals surface area contributed by atoms with Gasteiger partial charge in [-0.1, -0.05) is 166 Å². The van der Waals surface area contributed by atoms with Crippen LogP contribution >= 0.6 is 0 Å². The number of rotatable bonds is 6. The first-order chi connectivity index (χ1) is 30.9. The first kappa shape index (κ1) is 45.3. The lowest BCUT2D eigenvalue weighted by Gasteiger charge is -2.54. The molecular weight excluding hydrogens is 797 g/mol. The van der Waals surface area contributed by atoms with Crippen LogP contribution in [0.3, 0.4) is 0 Å². The van der Waals surface area contributed by atoms with Gasteiger partial charge in [-0.15, -0.1) is 0 Å². The molecule has 0 spiro atoms. The van der Waals surface area contributed by atoms with Crippen LogP contribution in [0.25, 0.3) is 22.3 Å². The van der Waals surface area contributed by atoms with Crippen LogP contribution < -0.4 is 9.80 Å². The smallest absolute Gasteiger partial charge is 0.0465 e. The molecule has 338 valence electrons. The van der Waals surface area contributed by atoms with E-state index in [1.807, 2.05) is 0 Å². The van der Waals surface area contributed by atoms with Crippen molar-refractivity contribution in [1.29, 1.82) is 0 Å². The number of benzene rings is 7. The summed E-state index contributed by atoms with van der Waals surface area (Å²) in [5, 5.41) is 0. The predicted molar refractivity (Wildman–Crippen MR) is 285 cm³/mol. The highest BCUT2D eigenvalue weighted by Gasteiger charge is 2.61. The molecule has 0 amide bonds. The standard InChI is InChI=1S/C64H72N2/c1-41-17-25-45(26-18-41)65(46-27-19-42(2)20-28-46)49-33-35-51-53-39-58-54(40-57(53)63(55(51)37-49,59(5,6)7)60(8,9)10)52-36-34-50(38-56(52)64(58,61(11,12)13)62(14,15)16)66(47-29-21-43(3)22-30-47)48-31-23-44(4)24-32-48/h17-40H,1-16H3. The quantitative estimate of drug-likeness (QED) is 0.164. The van der Waals surface area contributed by atoms with Crippen LogP contribution in [-0.2, 0) is 10.8 Å². The number of anilines is 6. The Morgan fingerprint density at radius 1 is 0.258 bits per heavy atom. The molecule has 0 N–H and O–H groups in total. The molecule has 0 bridgehead atoms. The van der Waals surface area contributed by atoms with E-state index in [1.54, 1.807) is 0 Å². The highest BCUT2D eigenvalue weighted by atomic mass is 15.1. The molecule has 0 aromatic heterocycles. The lowest BCUT2D eigenvalue weighted by Crippen LogP contribution is -2.50. The Balaban J connectivity index is 1.33. The highest BCUT2D eigenvalue weighted by molar-refractivity contribution is 5.94. The van der Waals surface area contributed by atoms with Crippen LogP contribution in [0.2, 0.25) is 0 Å². The molecule has 9 rings (SSSR count). The summed E-state index contributed by atoms with van der Waals surface area (Å²) in [6.45, 7) is 38.4. The first-order valence-electron chi connectivity index (χ1n) is 24.3. The van der Waals surface area contributed by atoms with E-state index in [9.17, 15) is 0 Å². The summed E-state index contributed by atoms with van der Waals surface area (Å²) in [7, 11) is 0. The van der Waals surface area contributed by atoms with Crippen LogP contribution in [0.4, 0.5) is 34.1 Å². The zero-order valence-electron chi connectivity index (χ0n) is 42.8. The fourth-order valence-corrected chi connectivity index (χ4v) is 13.5. The molecule has 0 atom stereocenters. The van der Waals surface area contributed by atoms with Crippen LogP contribution in [0.5, 0.6) is 0 Å². The molecular formula is C64H72N2. The normalized spacial score (nSPS) is 14.9. The van der Waals surface area contributed by atoms with Crippen LogP contribution in [0, 0.1) is 49.4 Å². The van der Waals surface area contributed by atoms with Crippen molar-refractivity contribution < 1.29 is 0 Å². The molecule has 0 heterocycles.